The normalized spacial score (nSPS) is 14.4. The lowest BCUT2D eigenvalue weighted by atomic mass is 10.1. The number of alkyl halides is 3. The molecule has 0 N–H and O–H groups in total. The average molecular weight is 464 g/mol. The van der Waals surface area contributed by atoms with Gasteiger partial charge >= 0.3 is 6.36 Å². The van der Waals surface area contributed by atoms with E-state index < -0.39 is 6.36 Å². The highest BCUT2D eigenvalue weighted by Gasteiger charge is 2.31. The summed E-state index contributed by atoms with van der Waals surface area (Å²) in [5.74, 6) is -0.260. The molecule has 3 aromatic rings. The summed E-state index contributed by atoms with van der Waals surface area (Å²) in [6.45, 7) is 1.31. The molecule has 3 heterocycles. The van der Waals surface area contributed by atoms with E-state index in [0.29, 0.717) is 35.4 Å². The first-order chi connectivity index (χ1) is 15.4. The minimum atomic E-state index is -4.78. The standard InChI is InChI=1S/C20H19F3N6O2S/c21-20(22,23)31-15-7-5-14(6-8-15)29-16(13-32-19-24-9-4-10-25-19)17(26-27-29)18(30)28-11-2-1-3-12-28/h4-10H,1-3,11-13H2. The third-order valence-corrected chi connectivity index (χ3v) is 5.69. The van der Waals surface area contributed by atoms with Gasteiger partial charge in [-0.25, -0.2) is 14.6 Å². The molecule has 12 heteroatoms. The number of hydrogen-bond acceptors (Lipinski definition) is 7. The average Bonchev–Trinajstić information content (AvgIpc) is 3.22. The number of piperidine rings is 1. The van der Waals surface area contributed by atoms with Gasteiger partial charge in [-0.3, -0.25) is 4.79 Å². The van der Waals surface area contributed by atoms with Crippen LogP contribution in [-0.4, -0.2) is 55.2 Å². The van der Waals surface area contributed by atoms with Gasteiger partial charge < -0.3 is 9.64 Å². The van der Waals surface area contributed by atoms with Crippen molar-refractivity contribution >= 4 is 17.7 Å². The van der Waals surface area contributed by atoms with Crippen molar-refractivity contribution in [3.05, 3.63) is 54.1 Å². The highest BCUT2D eigenvalue weighted by Crippen LogP contribution is 2.27. The summed E-state index contributed by atoms with van der Waals surface area (Å²) in [6, 6.07) is 6.93. The molecular formula is C20H19F3N6O2S. The molecule has 0 unspecified atom stereocenters. The molecule has 1 aromatic carbocycles. The minimum Gasteiger partial charge on any atom is -0.406 e. The van der Waals surface area contributed by atoms with E-state index in [1.165, 1.54) is 40.7 Å². The van der Waals surface area contributed by atoms with Crippen molar-refractivity contribution in [2.24, 2.45) is 0 Å². The Labute approximate surface area is 185 Å². The van der Waals surface area contributed by atoms with Crippen LogP contribution in [0.1, 0.15) is 35.4 Å². The van der Waals surface area contributed by atoms with Crippen molar-refractivity contribution in [2.45, 2.75) is 36.5 Å². The molecular weight excluding hydrogens is 445 g/mol. The van der Waals surface area contributed by atoms with Crippen LogP contribution in [0.25, 0.3) is 5.69 Å². The first-order valence-electron chi connectivity index (χ1n) is 9.90. The third-order valence-electron chi connectivity index (χ3n) is 4.80. The Morgan fingerprint density at radius 2 is 1.75 bits per heavy atom. The van der Waals surface area contributed by atoms with Crippen molar-refractivity contribution in [1.82, 2.24) is 29.9 Å². The summed E-state index contributed by atoms with van der Waals surface area (Å²) < 4.78 is 42.7. The zero-order valence-corrected chi connectivity index (χ0v) is 17.6. The highest BCUT2D eigenvalue weighted by molar-refractivity contribution is 7.98. The predicted octanol–water partition coefficient (Wildman–Crippen LogP) is 3.87. The molecule has 0 aliphatic carbocycles. The summed E-state index contributed by atoms with van der Waals surface area (Å²) in [5, 5.41) is 8.76. The van der Waals surface area contributed by atoms with Crippen molar-refractivity contribution in [2.75, 3.05) is 13.1 Å². The molecule has 0 saturated carbocycles. The molecule has 0 bridgehead atoms. The van der Waals surface area contributed by atoms with E-state index in [9.17, 15) is 18.0 Å². The van der Waals surface area contributed by atoms with E-state index in [-0.39, 0.29) is 17.4 Å². The zero-order valence-electron chi connectivity index (χ0n) is 16.8. The number of rotatable bonds is 6. The van der Waals surface area contributed by atoms with Gasteiger partial charge in [-0.15, -0.1) is 18.3 Å². The molecule has 32 heavy (non-hydrogen) atoms. The maximum atomic E-state index is 13.1. The molecule has 1 amide bonds. The molecule has 168 valence electrons. The van der Waals surface area contributed by atoms with Crippen molar-refractivity contribution in [3.8, 4) is 11.4 Å². The van der Waals surface area contributed by atoms with Gasteiger partial charge in [0.2, 0.25) is 0 Å². The lowest BCUT2D eigenvalue weighted by molar-refractivity contribution is -0.274. The largest absolute Gasteiger partial charge is 0.573 e. The predicted molar refractivity (Wildman–Crippen MR) is 109 cm³/mol. The fourth-order valence-electron chi connectivity index (χ4n) is 3.33. The van der Waals surface area contributed by atoms with Crippen LogP contribution in [0.5, 0.6) is 5.75 Å². The first kappa shape index (κ1) is 22.1. The number of thioether (sulfide) groups is 1. The molecule has 1 saturated heterocycles. The van der Waals surface area contributed by atoms with Gasteiger partial charge in [-0.2, -0.15) is 0 Å². The van der Waals surface area contributed by atoms with Gasteiger partial charge in [0.25, 0.3) is 5.91 Å². The summed E-state index contributed by atoms with van der Waals surface area (Å²) in [5.41, 5.74) is 1.18. The number of amides is 1. The number of likely N-dealkylation sites (tertiary alicyclic amines) is 1. The Kier molecular flexibility index (Phi) is 6.58. The third kappa shape index (κ3) is 5.36. The van der Waals surface area contributed by atoms with Crippen LogP contribution >= 0.6 is 11.8 Å². The van der Waals surface area contributed by atoms with Crippen LogP contribution in [0.15, 0.2) is 47.9 Å². The smallest absolute Gasteiger partial charge is 0.406 e. The number of halogens is 3. The second-order valence-corrected chi connectivity index (χ2v) is 7.95. The Bertz CT molecular complexity index is 1050. The van der Waals surface area contributed by atoms with E-state index in [1.54, 1.807) is 23.4 Å². The molecule has 8 nitrogen and oxygen atoms in total. The number of carbonyl (C=O) groups is 1. The fourth-order valence-corrected chi connectivity index (χ4v) is 4.13. The van der Waals surface area contributed by atoms with Crippen LogP contribution in [0.4, 0.5) is 13.2 Å². The molecule has 0 radical (unpaired) electrons. The maximum absolute atomic E-state index is 13.1. The Hall–Kier alpha value is -3.15. The fraction of sp³-hybridized carbons (Fsp3) is 0.350. The number of hydrogen-bond donors (Lipinski definition) is 0. The van der Waals surface area contributed by atoms with Gasteiger partial charge in [0.05, 0.1) is 11.4 Å². The number of nitrogens with zero attached hydrogens (tertiary/aromatic N) is 6. The quantitative estimate of drug-likeness (QED) is 0.404. The molecule has 1 fully saturated rings. The van der Waals surface area contributed by atoms with Crippen molar-refractivity contribution in [1.29, 1.82) is 0 Å². The van der Waals surface area contributed by atoms with Gasteiger partial charge in [0, 0.05) is 31.2 Å². The summed E-state index contributed by atoms with van der Waals surface area (Å²) in [4.78, 5) is 23.2. The number of ether oxygens (including phenoxy) is 1. The highest BCUT2D eigenvalue weighted by atomic mass is 32.2. The molecule has 1 aliphatic rings. The van der Waals surface area contributed by atoms with Gasteiger partial charge in [0.1, 0.15) is 5.75 Å². The van der Waals surface area contributed by atoms with Crippen LogP contribution in [0.2, 0.25) is 0 Å². The van der Waals surface area contributed by atoms with E-state index in [0.717, 1.165) is 19.3 Å². The molecule has 0 atom stereocenters. The molecule has 4 rings (SSSR count). The van der Waals surface area contributed by atoms with Crippen molar-refractivity contribution < 1.29 is 22.7 Å². The Balaban J connectivity index is 1.63. The van der Waals surface area contributed by atoms with E-state index >= 15 is 0 Å². The van der Waals surface area contributed by atoms with E-state index in [2.05, 4.69) is 25.0 Å². The first-order valence-corrected chi connectivity index (χ1v) is 10.9. The topological polar surface area (TPSA) is 86.0 Å². The van der Waals surface area contributed by atoms with Crippen LogP contribution in [0.3, 0.4) is 0 Å². The second kappa shape index (κ2) is 9.55. The molecule has 0 spiro atoms. The van der Waals surface area contributed by atoms with Crippen LogP contribution in [0, 0.1) is 0 Å². The Morgan fingerprint density at radius 1 is 1.06 bits per heavy atom. The Morgan fingerprint density at radius 3 is 2.41 bits per heavy atom. The molecule has 2 aromatic heterocycles. The number of benzene rings is 1. The van der Waals surface area contributed by atoms with Gasteiger partial charge in [0.15, 0.2) is 10.9 Å². The summed E-state index contributed by atoms with van der Waals surface area (Å²) in [7, 11) is 0. The van der Waals surface area contributed by atoms with Crippen molar-refractivity contribution in [3.63, 3.8) is 0 Å². The lowest BCUT2D eigenvalue weighted by Crippen LogP contribution is -2.36. The number of carbonyl (C=O) groups excluding carboxylic acids is 1. The summed E-state index contributed by atoms with van der Waals surface area (Å²) >= 11 is 1.31. The monoisotopic (exact) mass is 464 g/mol. The molecule has 1 aliphatic heterocycles. The SMILES string of the molecule is O=C(c1nnn(-c2ccc(OC(F)(F)F)cc2)c1CSc1ncccn1)N1CCCCC1. The van der Waals surface area contributed by atoms with Gasteiger partial charge in [-0.05, 0) is 49.6 Å². The minimum absolute atomic E-state index is 0.211. The maximum Gasteiger partial charge on any atom is 0.573 e. The van der Waals surface area contributed by atoms with E-state index in [1.807, 2.05) is 0 Å². The van der Waals surface area contributed by atoms with Crippen LogP contribution < -0.4 is 4.74 Å². The summed E-state index contributed by atoms with van der Waals surface area (Å²) in [6.07, 6.45) is 1.40. The zero-order chi connectivity index (χ0) is 22.6. The van der Waals surface area contributed by atoms with Crippen LogP contribution in [-0.2, 0) is 5.75 Å². The van der Waals surface area contributed by atoms with Gasteiger partial charge in [-0.1, -0.05) is 17.0 Å². The van der Waals surface area contributed by atoms with E-state index in [4.69, 9.17) is 0 Å². The lowest BCUT2D eigenvalue weighted by Gasteiger charge is -2.26. The second-order valence-electron chi connectivity index (χ2n) is 7.01. The number of aromatic nitrogens is 5.